The number of carbonyl (C=O) groups excluding carboxylic acids is 1. The average molecular weight is 829 g/mol. The summed E-state index contributed by atoms with van der Waals surface area (Å²) < 4.78 is 45.0. The SMILES string of the molecule is CN(C(=O)Oc1ccccc1)C1=C(C=CC2=[N+](CCCCS(=O)(=O)O)c3ccccc3C2(C)C)CCC1=CC=C1N(CCCCSOOO)c2ccccc2C1(C)C. The molecule has 11 nitrogen and oxygen atoms in total. The molecule has 3 aliphatic rings. The number of fused-ring (bicyclic) bond motifs is 2. The molecular formula is C45H54N3O8S2+. The highest BCUT2D eigenvalue weighted by Gasteiger charge is 2.44. The molecule has 0 atom stereocenters. The summed E-state index contributed by atoms with van der Waals surface area (Å²) in [4.78, 5) is 17.8. The predicted octanol–water partition coefficient (Wildman–Crippen LogP) is 9.92. The van der Waals surface area contributed by atoms with Crippen LogP contribution in [0.25, 0.3) is 0 Å². The van der Waals surface area contributed by atoms with Gasteiger partial charge in [0.15, 0.2) is 5.71 Å². The van der Waals surface area contributed by atoms with Gasteiger partial charge < -0.3 is 9.64 Å². The van der Waals surface area contributed by atoms with Crippen molar-refractivity contribution < 1.29 is 41.7 Å². The Morgan fingerprint density at radius 3 is 2.33 bits per heavy atom. The number of carbonyl (C=O) groups is 1. The third-order valence-corrected chi connectivity index (χ3v) is 12.7. The molecule has 3 aromatic rings. The lowest BCUT2D eigenvalue weighted by Crippen LogP contribution is -2.30. The van der Waals surface area contributed by atoms with Crippen molar-refractivity contribution in [3.63, 3.8) is 0 Å². The number of likely N-dealkylation sites (N-methyl/N-ethyl adjacent to an activating group) is 1. The van der Waals surface area contributed by atoms with Crippen LogP contribution in [-0.4, -0.2) is 71.2 Å². The molecule has 58 heavy (non-hydrogen) atoms. The first-order valence-electron chi connectivity index (χ1n) is 19.7. The van der Waals surface area contributed by atoms with Crippen LogP contribution in [0, 0.1) is 0 Å². The number of hydrogen-bond acceptors (Lipinski definition) is 9. The summed E-state index contributed by atoms with van der Waals surface area (Å²) in [7, 11) is -2.28. The van der Waals surface area contributed by atoms with E-state index in [-0.39, 0.29) is 16.6 Å². The molecule has 0 spiro atoms. The Bertz CT molecular complexity index is 2240. The second kappa shape index (κ2) is 18.6. The van der Waals surface area contributed by atoms with Crippen LogP contribution in [0.2, 0.25) is 0 Å². The van der Waals surface area contributed by atoms with E-state index in [1.807, 2.05) is 30.3 Å². The zero-order valence-corrected chi connectivity index (χ0v) is 35.5. The van der Waals surface area contributed by atoms with E-state index in [1.54, 1.807) is 24.1 Å². The van der Waals surface area contributed by atoms with Crippen molar-refractivity contribution in [1.82, 2.24) is 4.90 Å². The Labute approximate surface area is 346 Å². The zero-order chi connectivity index (χ0) is 41.5. The molecule has 0 saturated carbocycles. The number of benzene rings is 3. The van der Waals surface area contributed by atoms with E-state index in [1.165, 1.54) is 16.8 Å². The summed E-state index contributed by atoms with van der Waals surface area (Å²) in [5, 5.41) is 12.2. The summed E-state index contributed by atoms with van der Waals surface area (Å²) >= 11 is 1.07. The number of unbranched alkanes of at least 4 members (excludes halogenated alkanes) is 2. The summed E-state index contributed by atoms with van der Waals surface area (Å²) in [5.41, 5.74) is 9.10. The highest BCUT2D eigenvalue weighted by atomic mass is 32.2. The largest absolute Gasteiger partial charge is 0.419 e. The number of rotatable bonds is 17. The monoisotopic (exact) mass is 828 g/mol. The molecule has 6 rings (SSSR count). The van der Waals surface area contributed by atoms with Gasteiger partial charge in [0.05, 0.1) is 16.9 Å². The maximum atomic E-state index is 13.8. The summed E-state index contributed by atoms with van der Waals surface area (Å²) in [5.74, 6) is 0.858. The maximum Gasteiger partial charge on any atom is 0.419 e. The van der Waals surface area contributed by atoms with Crippen LogP contribution in [-0.2, 0) is 30.3 Å². The summed E-state index contributed by atoms with van der Waals surface area (Å²) in [6.45, 7) is 10.2. The van der Waals surface area contributed by atoms with E-state index < -0.39 is 16.2 Å². The summed E-state index contributed by atoms with van der Waals surface area (Å²) in [6.07, 6.45) is 12.2. The third-order valence-electron chi connectivity index (χ3n) is 11.3. The number of hydrogen-bond donors (Lipinski definition) is 2. The molecule has 13 heteroatoms. The van der Waals surface area contributed by atoms with Crippen LogP contribution in [0.15, 0.2) is 126 Å². The lowest BCUT2D eigenvalue weighted by Gasteiger charge is -2.27. The summed E-state index contributed by atoms with van der Waals surface area (Å²) in [6, 6.07) is 25.8. The minimum atomic E-state index is -4.04. The Balaban J connectivity index is 1.38. The van der Waals surface area contributed by atoms with Gasteiger partial charge in [-0.25, -0.2) is 10.1 Å². The van der Waals surface area contributed by atoms with Crippen molar-refractivity contribution >= 4 is 45.3 Å². The topological polar surface area (TPSA) is 129 Å². The highest BCUT2D eigenvalue weighted by Crippen LogP contribution is 2.48. The highest BCUT2D eigenvalue weighted by molar-refractivity contribution is 7.94. The van der Waals surface area contributed by atoms with Crippen molar-refractivity contribution in [2.45, 2.75) is 77.0 Å². The number of nitrogens with zero attached hydrogens (tertiary/aromatic N) is 3. The molecule has 1 amide bonds. The Hall–Kier alpha value is -4.50. The molecule has 1 aliphatic carbocycles. The molecule has 308 valence electrons. The molecule has 0 saturated heterocycles. The van der Waals surface area contributed by atoms with Crippen molar-refractivity contribution in [3.05, 3.63) is 137 Å². The third kappa shape index (κ3) is 9.68. The Kier molecular flexibility index (Phi) is 13.8. The molecule has 0 unspecified atom stereocenters. The Morgan fingerprint density at radius 1 is 0.879 bits per heavy atom. The fourth-order valence-electron chi connectivity index (χ4n) is 8.38. The number of allylic oxidation sites excluding steroid dienone is 7. The van der Waals surface area contributed by atoms with E-state index >= 15 is 0 Å². The van der Waals surface area contributed by atoms with Crippen LogP contribution < -0.4 is 9.64 Å². The Morgan fingerprint density at radius 2 is 1.59 bits per heavy atom. The molecule has 0 aromatic heterocycles. The van der Waals surface area contributed by atoms with Crippen LogP contribution in [0.5, 0.6) is 5.75 Å². The van der Waals surface area contributed by atoms with Crippen LogP contribution in [0.1, 0.15) is 77.3 Å². The fourth-order valence-corrected chi connectivity index (χ4v) is 9.38. The van der Waals surface area contributed by atoms with Crippen molar-refractivity contribution in [3.8, 4) is 5.75 Å². The number of anilines is 1. The number of ether oxygens (including phenoxy) is 1. The van der Waals surface area contributed by atoms with E-state index in [9.17, 15) is 17.8 Å². The first-order valence-corrected chi connectivity index (χ1v) is 22.3. The second-order valence-electron chi connectivity index (χ2n) is 15.8. The van der Waals surface area contributed by atoms with E-state index in [4.69, 9.17) is 9.99 Å². The van der Waals surface area contributed by atoms with Gasteiger partial charge in [0.2, 0.25) is 5.69 Å². The molecular weight excluding hydrogens is 775 g/mol. The van der Waals surface area contributed by atoms with Gasteiger partial charge in [-0.2, -0.15) is 13.0 Å². The predicted molar refractivity (Wildman–Crippen MR) is 230 cm³/mol. The van der Waals surface area contributed by atoms with Crippen molar-refractivity contribution in [1.29, 1.82) is 0 Å². The minimum absolute atomic E-state index is 0.274. The van der Waals surface area contributed by atoms with Gasteiger partial charge >= 0.3 is 6.09 Å². The molecule has 2 aliphatic heterocycles. The van der Waals surface area contributed by atoms with Crippen molar-refractivity contribution in [2.24, 2.45) is 0 Å². The van der Waals surface area contributed by atoms with E-state index in [0.29, 0.717) is 37.3 Å². The molecule has 0 fully saturated rings. The lowest BCUT2D eigenvalue weighted by atomic mass is 9.81. The molecule has 0 radical (unpaired) electrons. The van der Waals surface area contributed by atoms with Gasteiger partial charge in [-0.05, 0) is 86.9 Å². The van der Waals surface area contributed by atoms with Crippen LogP contribution in [0.3, 0.4) is 0 Å². The van der Waals surface area contributed by atoms with Crippen LogP contribution >= 0.6 is 12.0 Å². The smallest absolute Gasteiger partial charge is 0.410 e. The first-order chi connectivity index (χ1) is 27.7. The van der Waals surface area contributed by atoms with Gasteiger partial charge in [-0.1, -0.05) is 85.6 Å². The maximum absolute atomic E-state index is 13.8. The molecule has 0 bridgehead atoms. The fraction of sp³-hybridized carbons (Fsp3) is 0.378. The van der Waals surface area contributed by atoms with Gasteiger partial charge in [0.1, 0.15) is 12.3 Å². The van der Waals surface area contributed by atoms with Gasteiger partial charge in [-0.3, -0.25) is 9.45 Å². The number of amides is 1. The molecule has 2 heterocycles. The average Bonchev–Trinajstić information content (AvgIpc) is 3.77. The van der Waals surface area contributed by atoms with Crippen LogP contribution in [0.4, 0.5) is 16.2 Å². The molecule has 2 N–H and O–H groups in total. The standard InChI is InChI=1S/C45H53N3O8S2/c1-44(2)36-19-9-11-21-38(36)47(29-13-15-31-57-56-55-50)40(44)27-25-33-23-24-34(42(33)46(5)43(49)54-35-17-7-6-8-18-35)26-28-41-45(3,4)37-20-10-12-22-39(37)48(41)30-14-16-32-58(51,52)53/h6-12,17-22,25-28H,13-16,23-24,29-32H2,1-5H3,(H-,50,51,52,53)/p+1. The quantitative estimate of drug-likeness (QED) is 0.0339. The van der Waals surface area contributed by atoms with Gasteiger partial charge in [0.25, 0.3) is 10.1 Å². The lowest BCUT2D eigenvalue weighted by molar-refractivity contribution is -0.438. The van der Waals surface area contributed by atoms with E-state index in [0.717, 1.165) is 71.8 Å². The number of para-hydroxylation sites is 3. The second-order valence-corrected chi connectivity index (χ2v) is 18.2. The first kappa shape index (κ1) is 43.1. The van der Waals surface area contributed by atoms with Gasteiger partial charge in [0, 0.05) is 72.3 Å². The van der Waals surface area contributed by atoms with Gasteiger partial charge in [-0.15, -0.1) is 4.33 Å². The van der Waals surface area contributed by atoms with E-state index in [2.05, 4.69) is 107 Å². The normalized spacial score (nSPS) is 18.5. The van der Waals surface area contributed by atoms with Crippen molar-refractivity contribution in [2.75, 3.05) is 36.5 Å². The molecule has 3 aromatic carbocycles. The zero-order valence-electron chi connectivity index (χ0n) is 33.9. The minimum Gasteiger partial charge on any atom is -0.410 e.